The first-order valence-electron chi connectivity index (χ1n) is 18.7. The molecule has 4 aromatic heterocycles. The molecule has 4 heterocycles. The number of fused-ring (bicyclic) bond motifs is 3. The van der Waals surface area contributed by atoms with Crippen LogP contribution in [-0.2, 0) is 55.0 Å². The Balaban J connectivity index is 0.00000275. The van der Waals surface area contributed by atoms with Crippen molar-refractivity contribution in [1.29, 1.82) is 0 Å². The van der Waals surface area contributed by atoms with E-state index in [0.717, 1.165) is 79.4 Å². The number of ether oxygens (including phenoxy) is 2. The Morgan fingerprint density at radius 2 is 0.982 bits per heavy atom. The van der Waals surface area contributed by atoms with Crippen LogP contribution in [0.4, 0.5) is 0 Å². The van der Waals surface area contributed by atoms with E-state index in [1.54, 1.807) is 18.5 Å². The van der Waals surface area contributed by atoms with E-state index in [1.165, 1.54) is 0 Å². The molecule has 4 aromatic carbocycles. The molecule has 290 valence electrons. The fraction of sp³-hybridized carbons (Fsp3) is 0.208. The summed E-state index contributed by atoms with van der Waals surface area (Å²) in [6, 6.07) is 40.3. The largest absolute Gasteiger partial charge is 2.00 e. The summed E-state index contributed by atoms with van der Waals surface area (Å²) in [4.78, 5) is 18.5. The van der Waals surface area contributed by atoms with Crippen LogP contribution >= 0.6 is 0 Å². The second-order valence-corrected chi connectivity index (χ2v) is 14.9. The molecule has 0 aliphatic rings. The van der Waals surface area contributed by atoms with Gasteiger partial charge in [0.2, 0.25) is 5.95 Å². The summed E-state index contributed by atoms with van der Waals surface area (Å²) in [6.07, 6.45) is 8.92. The van der Waals surface area contributed by atoms with Gasteiger partial charge in [-0.15, -0.1) is 58.7 Å². The van der Waals surface area contributed by atoms with E-state index in [2.05, 4.69) is 122 Å². The third-order valence-electron chi connectivity index (χ3n) is 9.20. The Kier molecular flexibility index (Phi) is 13.2. The first kappa shape index (κ1) is 41.7. The molecule has 57 heavy (non-hydrogen) atoms. The smallest absolute Gasteiger partial charge is 0.503 e. The van der Waals surface area contributed by atoms with Crippen molar-refractivity contribution < 1.29 is 51.6 Å². The number of benzene rings is 4. The van der Waals surface area contributed by atoms with Gasteiger partial charge in [0, 0.05) is 47.8 Å². The van der Waals surface area contributed by atoms with Gasteiger partial charge in [-0.2, -0.15) is 22.9 Å². The van der Waals surface area contributed by atoms with E-state index >= 15 is 0 Å². The van der Waals surface area contributed by atoms with Crippen LogP contribution in [0.2, 0.25) is 0 Å². The minimum absolute atomic E-state index is 0. The molecule has 9 heteroatoms. The van der Waals surface area contributed by atoms with Gasteiger partial charge in [0.05, 0.1) is 0 Å². The van der Waals surface area contributed by atoms with Gasteiger partial charge in [0.25, 0.3) is 0 Å². The summed E-state index contributed by atoms with van der Waals surface area (Å²) in [5, 5.41) is 1.91. The minimum Gasteiger partial charge on any atom is -0.503 e. The number of hydrogen-bond donors (Lipinski definition) is 0. The maximum Gasteiger partial charge on any atom is 2.00 e. The van der Waals surface area contributed by atoms with Gasteiger partial charge in [-0.05, 0) is 68.1 Å². The fourth-order valence-corrected chi connectivity index (χ4v) is 6.92. The summed E-state index contributed by atoms with van der Waals surface area (Å²) in [5.74, 6) is 3.71. The molecule has 0 aliphatic heterocycles. The molecule has 0 saturated carbocycles. The quantitative estimate of drug-likeness (QED) is 0.120. The second kappa shape index (κ2) is 18.1. The second-order valence-electron chi connectivity index (χ2n) is 14.9. The van der Waals surface area contributed by atoms with Crippen molar-refractivity contribution in [2.24, 2.45) is 11.8 Å². The summed E-state index contributed by atoms with van der Waals surface area (Å²) in [5.41, 5.74) is 9.59. The predicted molar refractivity (Wildman–Crippen MR) is 218 cm³/mol. The van der Waals surface area contributed by atoms with Crippen LogP contribution in [0, 0.1) is 49.9 Å². The van der Waals surface area contributed by atoms with Crippen molar-refractivity contribution in [2.45, 2.75) is 54.4 Å². The number of hydrogen-bond acceptors (Lipinski definition) is 6. The molecule has 0 spiro atoms. The van der Waals surface area contributed by atoms with Gasteiger partial charge in [0.15, 0.2) is 0 Å². The molecule has 8 aromatic rings. The van der Waals surface area contributed by atoms with Crippen LogP contribution in [0.3, 0.4) is 0 Å². The third-order valence-corrected chi connectivity index (χ3v) is 9.20. The van der Waals surface area contributed by atoms with Gasteiger partial charge < -0.3 is 24.0 Å². The van der Waals surface area contributed by atoms with E-state index < -0.39 is 0 Å². The standard InChI is InChI=1S/C48H41N5O2.2Pt/c1-30(2)18-34-22-36(44-20-32(5)12-16-49-44)26-40(24-34)54-38-8-10-42-43-11-9-39(29-47(43)53(46(42)28-38)48-51-14-7-15-52-48)55-41-25-35(19-31(3)4)23-37(27-41)45-21-33(6)13-17-50-45;;/h7-17,20-25,30-31H,18-19H2,1-6H3;;/q-4;2*+2. The molecule has 0 amide bonds. The number of pyridine rings is 2. The monoisotopic (exact) mass is 1110 g/mol. The number of aryl methyl sites for hydroxylation is 2. The molecule has 7 nitrogen and oxygen atoms in total. The van der Waals surface area contributed by atoms with E-state index in [9.17, 15) is 0 Å². The molecule has 0 unspecified atom stereocenters. The van der Waals surface area contributed by atoms with E-state index in [0.29, 0.717) is 40.8 Å². The maximum atomic E-state index is 6.55. The topological polar surface area (TPSA) is 75.0 Å². The van der Waals surface area contributed by atoms with Crippen molar-refractivity contribution in [3.8, 4) is 51.5 Å². The number of nitrogens with zero attached hydrogens (tertiary/aromatic N) is 5. The van der Waals surface area contributed by atoms with E-state index in [-0.39, 0.29) is 42.1 Å². The maximum absolute atomic E-state index is 6.55. The van der Waals surface area contributed by atoms with Crippen molar-refractivity contribution in [3.63, 3.8) is 0 Å². The normalized spacial score (nSPS) is 11.2. The van der Waals surface area contributed by atoms with Crippen LogP contribution in [0.1, 0.15) is 49.9 Å². The predicted octanol–water partition coefficient (Wildman–Crippen LogP) is 11.5. The summed E-state index contributed by atoms with van der Waals surface area (Å²) >= 11 is 0. The molecular formula is C48H41N5O2Pt2. The first-order chi connectivity index (χ1) is 26.6. The van der Waals surface area contributed by atoms with Gasteiger partial charge in [-0.1, -0.05) is 86.3 Å². The average Bonchev–Trinajstić information content (AvgIpc) is 3.47. The fourth-order valence-electron chi connectivity index (χ4n) is 6.92. The van der Waals surface area contributed by atoms with E-state index in [1.807, 2.05) is 53.4 Å². The summed E-state index contributed by atoms with van der Waals surface area (Å²) in [6.45, 7) is 13.0. The molecule has 8 rings (SSSR count). The number of aromatic nitrogens is 5. The molecule has 0 atom stereocenters. The summed E-state index contributed by atoms with van der Waals surface area (Å²) in [7, 11) is 0. The van der Waals surface area contributed by atoms with Gasteiger partial charge >= 0.3 is 42.1 Å². The zero-order valence-corrected chi connectivity index (χ0v) is 37.1. The molecule has 0 aliphatic carbocycles. The Morgan fingerprint density at radius 1 is 0.526 bits per heavy atom. The molecular weight excluding hydrogens is 1070 g/mol. The third kappa shape index (κ3) is 9.60. The Morgan fingerprint density at radius 3 is 1.40 bits per heavy atom. The van der Waals surface area contributed by atoms with Crippen molar-refractivity contribution in [1.82, 2.24) is 24.5 Å². The van der Waals surface area contributed by atoms with Gasteiger partial charge in [0.1, 0.15) is 0 Å². The zero-order chi connectivity index (χ0) is 38.1. The summed E-state index contributed by atoms with van der Waals surface area (Å²) < 4.78 is 15.0. The van der Waals surface area contributed by atoms with Crippen molar-refractivity contribution in [2.75, 3.05) is 0 Å². The molecule has 0 radical (unpaired) electrons. The molecule has 0 bridgehead atoms. The van der Waals surface area contributed by atoms with Crippen LogP contribution < -0.4 is 9.47 Å². The molecule has 0 N–H and O–H groups in total. The zero-order valence-electron chi connectivity index (χ0n) is 32.6. The van der Waals surface area contributed by atoms with Gasteiger partial charge in [-0.25, -0.2) is 9.97 Å². The Labute approximate surface area is 363 Å². The SMILES string of the molecule is Cc1ccnc(-c2[c-]c(Oc3[c-]c4c(cc3)c3ccc(Oc5[c-]c(-c6cc(C)ccn6)cc(CC(C)C)c5)[c-]c3n4-c3ncccn3)cc(CC(C)C)c2)c1.[Pt+2].[Pt+2]. The molecule has 0 fully saturated rings. The van der Waals surface area contributed by atoms with Crippen LogP contribution in [0.25, 0.3) is 50.3 Å². The van der Waals surface area contributed by atoms with Crippen molar-refractivity contribution in [3.05, 3.63) is 150 Å². The number of rotatable bonds is 11. The van der Waals surface area contributed by atoms with Crippen molar-refractivity contribution >= 4 is 21.8 Å². The van der Waals surface area contributed by atoms with E-state index in [4.69, 9.17) is 9.47 Å². The van der Waals surface area contributed by atoms with Crippen LogP contribution in [0.15, 0.2) is 104 Å². The first-order valence-corrected chi connectivity index (χ1v) is 18.7. The minimum atomic E-state index is 0. The van der Waals surface area contributed by atoms with Crippen LogP contribution in [0.5, 0.6) is 23.0 Å². The molecule has 0 saturated heterocycles. The van der Waals surface area contributed by atoms with Crippen LogP contribution in [-0.4, -0.2) is 24.5 Å². The average molecular weight is 1110 g/mol. The Bertz CT molecular complexity index is 2500. The Hall–Kier alpha value is -4.96. The van der Waals surface area contributed by atoms with Gasteiger partial charge in [-0.3, -0.25) is 0 Å².